The largest absolute Gasteiger partial charge is 0.503 e. The Morgan fingerprint density at radius 1 is 1.20 bits per heavy atom. The third kappa shape index (κ3) is 3.40. The van der Waals surface area contributed by atoms with Gasteiger partial charge in [0.1, 0.15) is 0 Å². The first kappa shape index (κ1) is 20.2. The fourth-order valence-electron chi connectivity index (χ4n) is 4.40. The van der Waals surface area contributed by atoms with E-state index in [1.807, 2.05) is 25.1 Å². The molecule has 1 aliphatic heterocycles. The average molecular weight is 465 g/mol. The van der Waals surface area contributed by atoms with Crippen LogP contribution >= 0.6 is 15.9 Å². The van der Waals surface area contributed by atoms with E-state index in [1.54, 1.807) is 12.1 Å². The molecule has 6 heteroatoms. The van der Waals surface area contributed by atoms with Gasteiger partial charge in [0.05, 0.1) is 29.1 Å². The Labute approximate surface area is 183 Å². The number of Topliss-reactive ketones (excluding diaryl/α,β-unsaturated/α-hetero) is 1. The summed E-state index contributed by atoms with van der Waals surface area (Å²) in [6.07, 6.45) is 1.10. The molecule has 5 nitrogen and oxygen atoms in total. The number of phenolic OH excluding ortho intramolecular Hbond substituents is 1. The van der Waals surface area contributed by atoms with E-state index < -0.39 is 5.92 Å². The molecule has 2 aromatic rings. The van der Waals surface area contributed by atoms with E-state index in [4.69, 9.17) is 4.74 Å². The molecule has 152 valence electrons. The van der Waals surface area contributed by atoms with E-state index in [0.29, 0.717) is 34.2 Å². The van der Waals surface area contributed by atoms with Crippen molar-refractivity contribution in [3.63, 3.8) is 0 Å². The Hall–Kier alpha value is -3.04. The standard InChI is InChI=1S/C24H21BrN2O3/c1-13-17(12-26)22(16-8-18(25)24(29)21(11-16)30-2)23-19(27-13)9-15(10-20(23)28)14-6-4-3-5-7-14/h3-8,11,15,22,27,29H,9-10H2,1-2H3/t15-,22-/m1/s1. The minimum atomic E-state index is -0.499. The number of halogens is 1. The van der Waals surface area contributed by atoms with Crippen molar-refractivity contribution in [2.24, 2.45) is 0 Å². The number of aromatic hydroxyl groups is 1. The molecule has 2 aromatic carbocycles. The molecule has 0 saturated carbocycles. The van der Waals surface area contributed by atoms with Gasteiger partial charge in [-0.15, -0.1) is 0 Å². The normalized spacial score (nSPS) is 21.1. The summed E-state index contributed by atoms with van der Waals surface area (Å²) in [5.41, 5.74) is 4.60. The first-order chi connectivity index (χ1) is 14.4. The van der Waals surface area contributed by atoms with Crippen LogP contribution in [0.5, 0.6) is 11.5 Å². The van der Waals surface area contributed by atoms with Crippen LogP contribution in [-0.2, 0) is 4.79 Å². The zero-order valence-corrected chi connectivity index (χ0v) is 18.3. The number of dihydropyridines is 1. The van der Waals surface area contributed by atoms with Crippen molar-refractivity contribution in [3.8, 4) is 17.6 Å². The topological polar surface area (TPSA) is 82.3 Å². The average Bonchev–Trinajstić information content (AvgIpc) is 2.75. The lowest BCUT2D eigenvalue weighted by molar-refractivity contribution is -0.116. The smallest absolute Gasteiger partial charge is 0.172 e. The molecule has 30 heavy (non-hydrogen) atoms. The van der Waals surface area contributed by atoms with Gasteiger partial charge < -0.3 is 15.2 Å². The maximum absolute atomic E-state index is 13.3. The van der Waals surface area contributed by atoms with Gasteiger partial charge in [0.15, 0.2) is 17.3 Å². The second kappa shape index (κ2) is 8.00. The number of carbonyl (C=O) groups excluding carboxylic acids is 1. The van der Waals surface area contributed by atoms with Crippen LogP contribution in [0.1, 0.15) is 42.7 Å². The number of ketones is 1. The number of benzene rings is 2. The van der Waals surface area contributed by atoms with Gasteiger partial charge in [-0.25, -0.2) is 0 Å². The number of methoxy groups -OCH3 is 1. The number of carbonyl (C=O) groups is 1. The number of hydrogen-bond acceptors (Lipinski definition) is 5. The third-order valence-corrected chi connectivity index (χ3v) is 6.43. The van der Waals surface area contributed by atoms with E-state index in [-0.39, 0.29) is 17.5 Å². The number of phenols is 1. The molecule has 0 fully saturated rings. The van der Waals surface area contributed by atoms with E-state index in [9.17, 15) is 15.2 Å². The van der Waals surface area contributed by atoms with Gasteiger partial charge in [0, 0.05) is 23.4 Å². The minimum Gasteiger partial charge on any atom is -0.503 e. The highest BCUT2D eigenvalue weighted by atomic mass is 79.9. The first-order valence-corrected chi connectivity index (χ1v) is 10.5. The maximum atomic E-state index is 13.3. The lowest BCUT2D eigenvalue weighted by Gasteiger charge is -2.35. The van der Waals surface area contributed by atoms with Gasteiger partial charge in [0.25, 0.3) is 0 Å². The molecule has 0 amide bonds. The highest BCUT2D eigenvalue weighted by molar-refractivity contribution is 9.10. The predicted octanol–water partition coefficient (Wildman–Crippen LogP) is 5.05. The quantitative estimate of drug-likeness (QED) is 0.663. The lowest BCUT2D eigenvalue weighted by Crippen LogP contribution is -2.33. The molecule has 0 aromatic heterocycles. The molecule has 0 spiro atoms. The van der Waals surface area contributed by atoms with Crippen LogP contribution < -0.4 is 10.1 Å². The van der Waals surface area contributed by atoms with Crippen LogP contribution in [0.3, 0.4) is 0 Å². The summed E-state index contributed by atoms with van der Waals surface area (Å²) >= 11 is 3.36. The van der Waals surface area contributed by atoms with Crippen molar-refractivity contribution in [1.29, 1.82) is 5.26 Å². The summed E-state index contributed by atoms with van der Waals surface area (Å²) in [5, 5.41) is 23.4. The van der Waals surface area contributed by atoms with Crippen LogP contribution in [0.2, 0.25) is 0 Å². The summed E-state index contributed by atoms with van der Waals surface area (Å²) in [6, 6.07) is 15.8. The van der Waals surface area contributed by atoms with E-state index >= 15 is 0 Å². The van der Waals surface area contributed by atoms with Crippen LogP contribution in [-0.4, -0.2) is 18.0 Å². The molecular formula is C24H21BrN2O3. The molecule has 4 rings (SSSR count). The zero-order chi connectivity index (χ0) is 21.4. The molecule has 0 bridgehead atoms. The van der Waals surface area contributed by atoms with Gasteiger partial charge in [-0.05, 0) is 58.5 Å². The first-order valence-electron chi connectivity index (χ1n) is 9.70. The number of nitrogens with one attached hydrogen (secondary N) is 1. The number of nitrogens with zero attached hydrogens (tertiary/aromatic N) is 1. The van der Waals surface area contributed by atoms with Gasteiger partial charge in [-0.3, -0.25) is 4.79 Å². The van der Waals surface area contributed by atoms with Crippen molar-refractivity contribution in [2.45, 2.75) is 31.6 Å². The van der Waals surface area contributed by atoms with Crippen molar-refractivity contribution in [1.82, 2.24) is 5.32 Å². The maximum Gasteiger partial charge on any atom is 0.172 e. The van der Waals surface area contributed by atoms with E-state index in [2.05, 4.69) is 39.4 Å². The number of rotatable bonds is 3. The van der Waals surface area contributed by atoms with E-state index in [0.717, 1.165) is 22.5 Å². The molecular weight excluding hydrogens is 444 g/mol. The molecule has 0 radical (unpaired) electrons. The number of nitriles is 1. The van der Waals surface area contributed by atoms with Crippen molar-refractivity contribution >= 4 is 21.7 Å². The van der Waals surface area contributed by atoms with Crippen LogP contribution in [0.4, 0.5) is 0 Å². The van der Waals surface area contributed by atoms with Crippen LogP contribution in [0, 0.1) is 11.3 Å². The Morgan fingerprint density at radius 3 is 2.60 bits per heavy atom. The van der Waals surface area contributed by atoms with Gasteiger partial charge in [-0.1, -0.05) is 30.3 Å². The molecule has 2 aliphatic rings. The monoisotopic (exact) mass is 464 g/mol. The fourth-order valence-corrected chi connectivity index (χ4v) is 4.86. The Balaban J connectivity index is 1.84. The molecule has 1 heterocycles. The summed E-state index contributed by atoms with van der Waals surface area (Å²) in [7, 11) is 1.47. The van der Waals surface area contributed by atoms with E-state index in [1.165, 1.54) is 7.11 Å². The second-order valence-corrected chi connectivity index (χ2v) is 8.45. The predicted molar refractivity (Wildman–Crippen MR) is 117 cm³/mol. The Morgan fingerprint density at radius 2 is 1.93 bits per heavy atom. The second-order valence-electron chi connectivity index (χ2n) is 7.59. The molecule has 2 N–H and O–H groups in total. The van der Waals surface area contributed by atoms with Crippen LogP contribution in [0.15, 0.2) is 69.5 Å². The summed E-state index contributed by atoms with van der Waals surface area (Å²) < 4.78 is 5.75. The number of hydrogen-bond donors (Lipinski definition) is 2. The third-order valence-electron chi connectivity index (χ3n) is 5.82. The molecule has 0 unspecified atom stereocenters. The van der Waals surface area contributed by atoms with Crippen LogP contribution in [0.25, 0.3) is 0 Å². The Bertz CT molecular complexity index is 1130. The van der Waals surface area contributed by atoms with Crippen molar-refractivity contribution < 1.29 is 14.6 Å². The summed E-state index contributed by atoms with van der Waals surface area (Å²) in [4.78, 5) is 13.3. The van der Waals surface area contributed by atoms with Crippen molar-refractivity contribution in [2.75, 3.05) is 7.11 Å². The fraction of sp³-hybridized carbons (Fsp3) is 0.250. The van der Waals surface area contributed by atoms with Crippen molar-refractivity contribution in [3.05, 3.63) is 80.6 Å². The highest BCUT2D eigenvalue weighted by Crippen LogP contribution is 2.47. The Kier molecular flexibility index (Phi) is 5.40. The van der Waals surface area contributed by atoms with Gasteiger partial charge in [-0.2, -0.15) is 5.26 Å². The number of allylic oxidation sites excluding steroid dienone is 4. The highest BCUT2D eigenvalue weighted by Gasteiger charge is 2.39. The summed E-state index contributed by atoms with van der Waals surface area (Å²) in [6.45, 7) is 1.86. The molecule has 0 saturated heterocycles. The van der Waals surface area contributed by atoms with Gasteiger partial charge >= 0.3 is 0 Å². The van der Waals surface area contributed by atoms with Gasteiger partial charge in [0.2, 0.25) is 0 Å². The lowest BCUT2D eigenvalue weighted by atomic mass is 9.72. The molecule has 1 aliphatic carbocycles. The molecule has 2 atom stereocenters. The minimum absolute atomic E-state index is 0.0114. The zero-order valence-electron chi connectivity index (χ0n) is 16.7. The number of ether oxygens (including phenoxy) is 1. The summed E-state index contributed by atoms with van der Waals surface area (Å²) in [5.74, 6) is -0.0847. The SMILES string of the molecule is COc1cc([C@@H]2C(C#N)=C(C)NC3=C2C(=O)C[C@H](c2ccccc2)C3)cc(Br)c1O.